The minimum atomic E-state index is -0.992. The van der Waals surface area contributed by atoms with Gasteiger partial charge in [-0.2, -0.15) is 0 Å². The summed E-state index contributed by atoms with van der Waals surface area (Å²) in [6, 6.07) is 17.4. The Morgan fingerprint density at radius 1 is 0.712 bits per heavy atom. The zero-order chi connectivity index (χ0) is 36.3. The number of ether oxygens (including phenoxy) is 7. The molecule has 5 heterocycles. The number of hydrazine groups is 1. The van der Waals surface area contributed by atoms with Crippen molar-refractivity contribution >= 4 is 17.6 Å². The summed E-state index contributed by atoms with van der Waals surface area (Å²) in [6.45, 7) is 1.31. The van der Waals surface area contributed by atoms with Crippen molar-refractivity contribution in [2.24, 2.45) is 0 Å². The number of hydrogen-bond acceptors (Lipinski definition) is 11. The van der Waals surface area contributed by atoms with E-state index in [0.717, 1.165) is 47.2 Å². The second-order valence-electron chi connectivity index (χ2n) is 13.4. The number of amides is 1. The highest BCUT2D eigenvalue weighted by Crippen LogP contribution is 2.54. The van der Waals surface area contributed by atoms with Crippen molar-refractivity contribution in [1.29, 1.82) is 0 Å². The Hall–Kier alpha value is -5.46. The fourth-order valence-corrected chi connectivity index (χ4v) is 8.12. The van der Waals surface area contributed by atoms with Crippen LogP contribution in [-0.2, 0) is 40.0 Å². The van der Waals surface area contributed by atoms with Gasteiger partial charge in [0.15, 0.2) is 34.5 Å². The summed E-state index contributed by atoms with van der Waals surface area (Å²) >= 11 is 0. The minimum absolute atomic E-state index is 0.0747. The lowest BCUT2D eigenvalue weighted by Gasteiger charge is -2.48. The molecule has 0 spiro atoms. The van der Waals surface area contributed by atoms with Gasteiger partial charge in [-0.25, -0.2) is 14.8 Å². The standard InChI is InChI=1S/C40H41N3O9/c1-41-13-11-23-17-31(46-2)34-20-27(23)29(41)15-22-7-9-26(10-8-22)51-33-19-25-16-30-36-24(18-35(48-4)37(49-5)38(36)52-34)12-14-42(30)43(39(44)40(45)50-6)28(25)21-32(33)47-3/h7-10,17-21,29-30H,11-16H2,1-6H3/t29-,30-/m0/s1. The number of esters is 1. The van der Waals surface area contributed by atoms with E-state index in [9.17, 15) is 9.59 Å². The van der Waals surface area contributed by atoms with Gasteiger partial charge in [-0.3, -0.25) is 9.69 Å². The Morgan fingerprint density at radius 3 is 2.12 bits per heavy atom. The zero-order valence-corrected chi connectivity index (χ0v) is 30.1. The number of methoxy groups -OCH3 is 5. The zero-order valence-electron chi connectivity index (χ0n) is 30.1. The molecule has 0 radical (unpaired) electrons. The van der Waals surface area contributed by atoms with Gasteiger partial charge in [0.25, 0.3) is 0 Å². The fraction of sp³-hybridized carbons (Fsp3) is 0.350. The largest absolute Gasteiger partial charge is 0.493 e. The van der Waals surface area contributed by atoms with Crippen molar-refractivity contribution in [2.45, 2.75) is 37.8 Å². The lowest BCUT2D eigenvalue weighted by atomic mass is 9.85. The van der Waals surface area contributed by atoms with Crippen LogP contribution >= 0.6 is 0 Å². The van der Waals surface area contributed by atoms with Crippen LogP contribution in [0.25, 0.3) is 0 Å². The number of rotatable bonds is 4. The maximum absolute atomic E-state index is 14.0. The van der Waals surface area contributed by atoms with Crippen molar-refractivity contribution in [1.82, 2.24) is 9.91 Å². The van der Waals surface area contributed by atoms with E-state index in [1.165, 1.54) is 17.7 Å². The first-order valence-corrected chi connectivity index (χ1v) is 17.3. The summed E-state index contributed by atoms with van der Waals surface area (Å²) in [5.74, 6) is 2.19. The fourth-order valence-electron chi connectivity index (χ4n) is 8.12. The highest BCUT2D eigenvalue weighted by molar-refractivity contribution is 6.38. The molecule has 5 aliphatic rings. The number of benzene rings is 4. The molecule has 0 saturated heterocycles. The molecule has 12 nitrogen and oxygen atoms in total. The molecule has 4 aromatic rings. The van der Waals surface area contributed by atoms with Crippen molar-refractivity contribution in [3.8, 4) is 46.0 Å². The lowest BCUT2D eigenvalue weighted by molar-refractivity contribution is -0.153. The van der Waals surface area contributed by atoms with Gasteiger partial charge in [-0.1, -0.05) is 12.1 Å². The molecule has 7 bridgehead atoms. The maximum atomic E-state index is 14.0. The topological polar surface area (TPSA) is 108 Å². The van der Waals surface area contributed by atoms with E-state index in [1.54, 1.807) is 34.5 Å². The van der Waals surface area contributed by atoms with Crippen LogP contribution < -0.4 is 33.4 Å². The molecule has 5 aliphatic heterocycles. The second kappa shape index (κ2) is 13.3. The van der Waals surface area contributed by atoms with E-state index in [2.05, 4.69) is 36.2 Å². The Kier molecular flexibility index (Phi) is 8.59. The number of fused-ring (bicyclic) bond motifs is 2. The van der Waals surface area contributed by atoms with Gasteiger partial charge in [0.1, 0.15) is 5.75 Å². The molecule has 12 heteroatoms. The first kappa shape index (κ1) is 33.7. The van der Waals surface area contributed by atoms with Gasteiger partial charge < -0.3 is 33.2 Å². The number of likely N-dealkylation sites (N-methyl/N-ethyl adjacent to an activating group) is 1. The molecule has 0 aromatic heterocycles. The Labute approximate surface area is 302 Å². The molecule has 0 aliphatic carbocycles. The maximum Gasteiger partial charge on any atom is 0.398 e. The number of hydrogen-bond donors (Lipinski definition) is 0. The summed E-state index contributed by atoms with van der Waals surface area (Å²) < 4.78 is 42.1. The van der Waals surface area contributed by atoms with Crippen LogP contribution in [0.1, 0.15) is 45.5 Å². The average Bonchev–Trinajstić information content (AvgIpc) is 3.16. The summed E-state index contributed by atoms with van der Waals surface area (Å²) in [5.41, 5.74) is 6.54. The predicted octanol–water partition coefficient (Wildman–Crippen LogP) is 5.97. The summed E-state index contributed by atoms with van der Waals surface area (Å²) in [5, 5.41) is 3.30. The molecule has 270 valence electrons. The molecular weight excluding hydrogens is 666 g/mol. The molecule has 0 saturated carbocycles. The second-order valence-corrected chi connectivity index (χ2v) is 13.4. The number of nitrogens with zero attached hydrogens (tertiary/aromatic N) is 3. The van der Waals surface area contributed by atoms with Gasteiger partial charge in [0.2, 0.25) is 5.75 Å². The SMILES string of the molecule is COC(=O)C(=O)N1c2cc(OC)c3cc2C[C@H]2c4c(cc(OC)c(OC)c4Oc4cc5c(cc4OC)CCN(C)[C@H]5Cc4ccc(cc4)O3)CCN21. The monoisotopic (exact) mass is 707 g/mol. The van der Waals surface area contributed by atoms with E-state index in [1.807, 2.05) is 29.3 Å². The number of carbonyl (C=O) groups is 2. The van der Waals surface area contributed by atoms with Crippen LogP contribution in [0.5, 0.6) is 46.0 Å². The van der Waals surface area contributed by atoms with E-state index in [-0.39, 0.29) is 6.04 Å². The first-order chi connectivity index (χ1) is 25.3. The Morgan fingerprint density at radius 2 is 1.40 bits per heavy atom. The molecule has 0 fully saturated rings. The van der Waals surface area contributed by atoms with Gasteiger partial charge in [-0.05, 0) is 96.9 Å². The van der Waals surface area contributed by atoms with E-state index in [4.69, 9.17) is 33.2 Å². The minimum Gasteiger partial charge on any atom is -0.493 e. The van der Waals surface area contributed by atoms with Crippen LogP contribution in [0, 0.1) is 0 Å². The molecule has 1 amide bonds. The highest BCUT2D eigenvalue weighted by atomic mass is 16.5. The lowest BCUT2D eigenvalue weighted by Crippen LogP contribution is -2.56. The van der Waals surface area contributed by atoms with E-state index < -0.39 is 17.9 Å². The van der Waals surface area contributed by atoms with Crippen molar-refractivity contribution in [3.63, 3.8) is 0 Å². The highest BCUT2D eigenvalue weighted by Gasteiger charge is 2.45. The van der Waals surface area contributed by atoms with Crippen LogP contribution in [0.3, 0.4) is 0 Å². The van der Waals surface area contributed by atoms with E-state index in [0.29, 0.717) is 71.1 Å². The Balaban J connectivity index is 1.41. The van der Waals surface area contributed by atoms with Crippen LogP contribution in [0.2, 0.25) is 0 Å². The van der Waals surface area contributed by atoms with Crippen LogP contribution in [0.4, 0.5) is 5.69 Å². The van der Waals surface area contributed by atoms with Gasteiger partial charge in [0.05, 0.1) is 47.3 Å². The normalized spacial score (nSPS) is 18.8. The quantitative estimate of drug-likeness (QED) is 0.185. The van der Waals surface area contributed by atoms with Crippen molar-refractivity contribution < 1.29 is 42.7 Å². The summed E-state index contributed by atoms with van der Waals surface area (Å²) in [6.07, 6.45) is 2.60. The number of carbonyl (C=O) groups excluding carboxylic acids is 2. The summed E-state index contributed by atoms with van der Waals surface area (Å²) in [7, 11) is 9.71. The predicted molar refractivity (Wildman–Crippen MR) is 191 cm³/mol. The van der Waals surface area contributed by atoms with Crippen molar-refractivity contribution in [3.05, 3.63) is 88.0 Å². The first-order valence-electron chi connectivity index (χ1n) is 17.3. The third-order valence-electron chi connectivity index (χ3n) is 10.7. The third-order valence-corrected chi connectivity index (χ3v) is 10.7. The molecular formula is C40H41N3O9. The van der Waals surface area contributed by atoms with Crippen molar-refractivity contribution in [2.75, 3.05) is 60.7 Å². The molecule has 9 rings (SSSR count). The smallest absolute Gasteiger partial charge is 0.398 e. The molecule has 0 unspecified atom stereocenters. The average molecular weight is 708 g/mol. The van der Waals surface area contributed by atoms with Gasteiger partial charge in [0, 0.05) is 30.8 Å². The summed E-state index contributed by atoms with van der Waals surface area (Å²) in [4.78, 5) is 29.3. The third kappa shape index (κ3) is 5.44. The van der Waals surface area contributed by atoms with Gasteiger partial charge in [-0.15, -0.1) is 0 Å². The Bertz CT molecular complexity index is 2080. The van der Waals surface area contributed by atoms with Crippen LogP contribution in [0.15, 0.2) is 54.6 Å². The molecule has 4 aromatic carbocycles. The van der Waals surface area contributed by atoms with Crippen LogP contribution in [-0.4, -0.2) is 77.5 Å². The number of anilines is 1. The molecule has 52 heavy (non-hydrogen) atoms. The van der Waals surface area contributed by atoms with E-state index >= 15 is 0 Å². The van der Waals surface area contributed by atoms with Gasteiger partial charge >= 0.3 is 11.9 Å². The molecule has 0 N–H and O–H groups in total. The molecule has 2 atom stereocenters.